The Labute approximate surface area is 191 Å². The van der Waals surface area contributed by atoms with Crippen molar-refractivity contribution in [2.24, 2.45) is 0 Å². The lowest BCUT2D eigenvalue weighted by molar-refractivity contribution is 0.0762. The Morgan fingerprint density at radius 1 is 0.939 bits per heavy atom. The van der Waals surface area contributed by atoms with Crippen molar-refractivity contribution >= 4 is 16.8 Å². The first-order valence-electron chi connectivity index (χ1n) is 11.3. The highest BCUT2D eigenvalue weighted by molar-refractivity contribution is 5.97. The maximum absolute atomic E-state index is 13.0. The molecule has 0 bridgehead atoms. The number of H-pyrrole nitrogens is 1. The number of ether oxygens (including phenoxy) is 2. The van der Waals surface area contributed by atoms with Gasteiger partial charge in [0.25, 0.3) is 11.5 Å². The summed E-state index contributed by atoms with van der Waals surface area (Å²) >= 11 is 0. The Kier molecular flexibility index (Phi) is 6.82. The highest BCUT2D eigenvalue weighted by Crippen LogP contribution is 2.27. The average Bonchev–Trinajstić information content (AvgIpc) is 3.12. The number of carbonyl (C=O) groups is 1. The Hall–Kier alpha value is -3.55. The first-order valence-corrected chi connectivity index (χ1v) is 11.3. The number of nitrogens with one attached hydrogen (secondary N) is 1. The molecule has 8 heteroatoms. The van der Waals surface area contributed by atoms with Gasteiger partial charge in [-0.05, 0) is 55.2 Å². The summed E-state index contributed by atoms with van der Waals surface area (Å²) < 4.78 is 11.8. The first kappa shape index (κ1) is 22.6. The minimum atomic E-state index is -0.493. The molecule has 1 aromatic heterocycles. The van der Waals surface area contributed by atoms with Crippen molar-refractivity contribution in [3.63, 3.8) is 0 Å². The lowest BCUT2D eigenvalue weighted by Gasteiger charge is -2.20. The van der Waals surface area contributed by atoms with E-state index in [1.165, 1.54) is 4.57 Å². The summed E-state index contributed by atoms with van der Waals surface area (Å²) in [7, 11) is 3.13. The molecule has 0 radical (unpaired) electrons. The van der Waals surface area contributed by atoms with Crippen LogP contribution in [-0.2, 0) is 13.0 Å². The highest BCUT2D eigenvalue weighted by atomic mass is 16.5. The van der Waals surface area contributed by atoms with Gasteiger partial charge in [-0.25, -0.2) is 4.79 Å². The number of aromatic amines is 1. The number of methoxy groups -OCH3 is 2. The molecule has 2 heterocycles. The third kappa shape index (κ3) is 4.79. The summed E-state index contributed by atoms with van der Waals surface area (Å²) in [6, 6.07) is 10.4. The van der Waals surface area contributed by atoms with Crippen LogP contribution in [0.1, 0.15) is 41.6 Å². The van der Waals surface area contributed by atoms with Gasteiger partial charge in [0, 0.05) is 25.2 Å². The van der Waals surface area contributed by atoms with Crippen molar-refractivity contribution in [2.45, 2.75) is 38.6 Å². The fraction of sp³-hybridized carbons (Fsp3) is 0.400. The normalized spacial score (nSPS) is 14.2. The second kappa shape index (κ2) is 9.94. The molecule has 8 nitrogen and oxygen atoms in total. The van der Waals surface area contributed by atoms with Crippen LogP contribution >= 0.6 is 0 Å². The van der Waals surface area contributed by atoms with Gasteiger partial charge in [-0.3, -0.25) is 14.2 Å². The SMILES string of the molecule is COc1ccc(CCn2c(=O)[nH]c3cc(C(=O)N4CCCCCC4)ccc3c2=O)cc1OC. The molecule has 1 aliphatic heterocycles. The van der Waals surface area contributed by atoms with Crippen LogP contribution < -0.4 is 20.7 Å². The number of amides is 1. The molecule has 0 aliphatic carbocycles. The molecular weight excluding hydrogens is 422 g/mol. The number of fused-ring (bicyclic) bond motifs is 1. The van der Waals surface area contributed by atoms with Crippen LogP contribution in [0.25, 0.3) is 10.9 Å². The van der Waals surface area contributed by atoms with Crippen LogP contribution in [0, 0.1) is 0 Å². The smallest absolute Gasteiger partial charge is 0.328 e. The lowest BCUT2D eigenvalue weighted by Crippen LogP contribution is -2.36. The summed E-state index contributed by atoms with van der Waals surface area (Å²) in [5.74, 6) is 1.15. The molecule has 1 amide bonds. The van der Waals surface area contributed by atoms with Gasteiger partial charge in [-0.15, -0.1) is 0 Å². The molecular formula is C25H29N3O5. The molecule has 3 aromatic rings. The number of benzene rings is 2. The maximum atomic E-state index is 13.0. The van der Waals surface area contributed by atoms with Crippen LogP contribution in [0.5, 0.6) is 11.5 Å². The number of hydrogen-bond donors (Lipinski definition) is 1. The number of likely N-dealkylation sites (tertiary alicyclic amines) is 1. The molecule has 0 atom stereocenters. The fourth-order valence-electron chi connectivity index (χ4n) is 4.32. The first-order chi connectivity index (χ1) is 16.0. The number of rotatable bonds is 6. The van der Waals surface area contributed by atoms with Gasteiger partial charge in [0.2, 0.25) is 0 Å². The third-order valence-corrected chi connectivity index (χ3v) is 6.19. The molecule has 0 spiro atoms. The standard InChI is InChI=1S/C25H29N3O5/c1-32-21-10-7-17(15-22(21)33-2)11-14-28-24(30)19-9-8-18(16-20(19)26-25(28)31)23(29)27-12-5-3-4-6-13-27/h7-10,15-16H,3-6,11-14H2,1-2H3,(H,26,31). The van der Waals surface area contributed by atoms with Crippen molar-refractivity contribution in [1.29, 1.82) is 0 Å². The van der Waals surface area contributed by atoms with Crippen LogP contribution in [0.15, 0.2) is 46.0 Å². The van der Waals surface area contributed by atoms with E-state index in [4.69, 9.17) is 9.47 Å². The monoisotopic (exact) mass is 451 g/mol. The van der Waals surface area contributed by atoms with Gasteiger partial charge >= 0.3 is 5.69 Å². The third-order valence-electron chi connectivity index (χ3n) is 6.19. The van der Waals surface area contributed by atoms with E-state index >= 15 is 0 Å². The zero-order valence-corrected chi connectivity index (χ0v) is 19.1. The Morgan fingerprint density at radius 3 is 2.36 bits per heavy atom. The number of carbonyl (C=O) groups excluding carboxylic acids is 1. The minimum Gasteiger partial charge on any atom is -0.493 e. The number of aryl methyl sites for hydroxylation is 1. The van der Waals surface area contributed by atoms with Gasteiger partial charge in [-0.2, -0.15) is 0 Å². The van der Waals surface area contributed by atoms with Crippen molar-refractivity contribution < 1.29 is 14.3 Å². The molecule has 2 aromatic carbocycles. The summed E-state index contributed by atoms with van der Waals surface area (Å²) in [5.41, 5.74) is 0.920. The fourth-order valence-corrected chi connectivity index (χ4v) is 4.32. The molecule has 1 fully saturated rings. The van der Waals surface area contributed by atoms with Gasteiger partial charge in [0.1, 0.15) is 0 Å². The Balaban J connectivity index is 1.58. The van der Waals surface area contributed by atoms with Crippen molar-refractivity contribution in [3.8, 4) is 11.5 Å². The van der Waals surface area contributed by atoms with Gasteiger partial charge in [0.15, 0.2) is 11.5 Å². The molecule has 1 saturated heterocycles. The van der Waals surface area contributed by atoms with E-state index < -0.39 is 5.69 Å². The summed E-state index contributed by atoms with van der Waals surface area (Å²) in [6.45, 7) is 1.70. The quantitative estimate of drug-likeness (QED) is 0.622. The zero-order valence-electron chi connectivity index (χ0n) is 19.1. The molecule has 1 N–H and O–H groups in total. The molecule has 4 rings (SSSR count). The minimum absolute atomic E-state index is 0.0581. The van der Waals surface area contributed by atoms with E-state index in [0.29, 0.717) is 34.4 Å². The maximum Gasteiger partial charge on any atom is 0.328 e. The average molecular weight is 452 g/mol. The van der Waals surface area contributed by atoms with Crippen LogP contribution in [0.4, 0.5) is 0 Å². The summed E-state index contributed by atoms with van der Waals surface area (Å²) in [6.07, 6.45) is 4.75. The van der Waals surface area contributed by atoms with Gasteiger partial charge in [0.05, 0.1) is 25.1 Å². The van der Waals surface area contributed by atoms with Crippen LogP contribution in [-0.4, -0.2) is 47.7 Å². The largest absolute Gasteiger partial charge is 0.493 e. The predicted molar refractivity (Wildman–Crippen MR) is 126 cm³/mol. The van der Waals surface area contributed by atoms with Crippen molar-refractivity contribution in [1.82, 2.24) is 14.5 Å². The number of hydrogen-bond acceptors (Lipinski definition) is 5. The second-order valence-corrected chi connectivity index (χ2v) is 8.29. The lowest BCUT2D eigenvalue weighted by atomic mass is 10.1. The second-order valence-electron chi connectivity index (χ2n) is 8.29. The number of nitrogens with zero attached hydrogens (tertiary/aromatic N) is 2. The molecule has 174 valence electrons. The highest BCUT2D eigenvalue weighted by Gasteiger charge is 2.18. The number of aromatic nitrogens is 2. The molecule has 0 saturated carbocycles. The van der Waals surface area contributed by atoms with E-state index in [-0.39, 0.29) is 18.0 Å². The summed E-state index contributed by atoms with van der Waals surface area (Å²) in [5, 5.41) is 0.384. The molecule has 1 aliphatic rings. The van der Waals surface area contributed by atoms with Crippen LogP contribution in [0.3, 0.4) is 0 Å². The van der Waals surface area contributed by atoms with E-state index in [9.17, 15) is 14.4 Å². The zero-order chi connectivity index (χ0) is 23.4. The van der Waals surface area contributed by atoms with Crippen molar-refractivity contribution in [2.75, 3.05) is 27.3 Å². The van der Waals surface area contributed by atoms with E-state index in [0.717, 1.165) is 44.3 Å². The molecule has 33 heavy (non-hydrogen) atoms. The van der Waals surface area contributed by atoms with Gasteiger partial charge < -0.3 is 19.4 Å². The van der Waals surface area contributed by atoms with Crippen molar-refractivity contribution in [3.05, 3.63) is 68.4 Å². The summed E-state index contributed by atoms with van der Waals surface area (Å²) in [4.78, 5) is 43.3. The van der Waals surface area contributed by atoms with Gasteiger partial charge in [-0.1, -0.05) is 18.9 Å². The van der Waals surface area contributed by atoms with Crippen LogP contribution in [0.2, 0.25) is 0 Å². The van der Waals surface area contributed by atoms with E-state index in [2.05, 4.69) is 4.98 Å². The Morgan fingerprint density at radius 2 is 1.67 bits per heavy atom. The predicted octanol–water partition coefficient (Wildman–Crippen LogP) is 2.97. The molecule has 0 unspecified atom stereocenters. The topological polar surface area (TPSA) is 93.6 Å². The van der Waals surface area contributed by atoms with E-state index in [1.807, 2.05) is 17.0 Å². The Bertz CT molecular complexity index is 1270. The van der Waals surface area contributed by atoms with E-state index in [1.54, 1.807) is 38.5 Å².